The summed E-state index contributed by atoms with van der Waals surface area (Å²) in [6.45, 7) is 4.67. The molecule has 0 aromatic heterocycles. The van der Waals surface area contributed by atoms with Crippen LogP contribution in [-0.2, 0) is 6.54 Å². The van der Waals surface area contributed by atoms with E-state index in [9.17, 15) is 0 Å². The molecule has 2 heterocycles. The first kappa shape index (κ1) is 9.95. The van der Waals surface area contributed by atoms with Crippen molar-refractivity contribution in [2.75, 3.05) is 24.5 Å². The third-order valence-electron chi connectivity index (χ3n) is 4.85. The lowest BCUT2D eigenvalue weighted by atomic mass is 9.82. The molecule has 0 saturated heterocycles. The van der Waals surface area contributed by atoms with Crippen LogP contribution in [0.4, 0.5) is 5.69 Å². The first-order valence-electron chi connectivity index (χ1n) is 7.01. The number of nitrogens with one attached hydrogen (secondary N) is 1. The number of rotatable bonds is 0. The lowest BCUT2D eigenvalue weighted by Crippen LogP contribution is -2.38. The van der Waals surface area contributed by atoms with Gasteiger partial charge < -0.3 is 10.2 Å². The Bertz CT molecular complexity index is 441. The van der Waals surface area contributed by atoms with Gasteiger partial charge in [0.15, 0.2) is 0 Å². The van der Waals surface area contributed by atoms with Gasteiger partial charge in [0, 0.05) is 31.9 Å². The number of anilines is 1. The van der Waals surface area contributed by atoms with Gasteiger partial charge in [-0.15, -0.1) is 0 Å². The van der Waals surface area contributed by atoms with E-state index in [1.54, 1.807) is 11.3 Å². The molecule has 17 heavy (non-hydrogen) atoms. The smallest absolute Gasteiger partial charge is 0.0447 e. The van der Waals surface area contributed by atoms with E-state index in [1.165, 1.54) is 37.9 Å². The second-order valence-corrected chi connectivity index (χ2v) is 5.78. The Balaban J connectivity index is 1.88. The molecule has 1 N–H and O–H groups in total. The van der Waals surface area contributed by atoms with Gasteiger partial charge in [-0.2, -0.15) is 0 Å². The molecule has 0 spiro atoms. The van der Waals surface area contributed by atoms with Crippen molar-refractivity contribution in [3.05, 3.63) is 29.3 Å². The highest BCUT2D eigenvalue weighted by Crippen LogP contribution is 2.48. The largest absolute Gasteiger partial charge is 0.369 e. The summed E-state index contributed by atoms with van der Waals surface area (Å²) in [5.41, 5.74) is 4.76. The SMILES string of the molecule is c1cc2c3c(c1)[C@@H]1CCC[C@@H]1CN3CCNC2. The van der Waals surface area contributed by atoms with Gasteiger partial charge in [0.25, 0.3) is 0 Å². The molecule has 3 aliphatic rings. The van der Waals surface area contributed by atoms with Gasteiger partial charge in [-0.05, 0) is 35.8 Å². The van der Waals surface area contributed by atoms with E-state index in [2.05, 4.69) is 28.4 Å². The average molecular weight is 228 g/mol. The maximum absolute atomic E-state index is 3.55. The standard InChI is InChI=1S/C15H20N2/c1-3-11-9-16-7-8-17-10-12-4-2-5-13(12)14(6-1)15(11)17/h1,3,6,12-13,16H,2,4-5,7-10H2/t12-,13-/m1/s1. The summed E-state index contributed by atoms with van der Waals surface area (Å²) in [6.07, 6.45) is 4.30. The summed E-state index contributed by atoms with van der Waals surface area (Å²) >= 11 is 0. The van der Waals surface area contributed by atoms with Crippen LogP contribution >= 0.6 is 0 Å². The zero-order valence-corrected chi connectivity index (χ0v) is 10.3. The number of hydrogen-bond acceptors (Lipinski definition) is 2. The summed E-state index contributed by atoms with van der Waals surface area (Å²) in [5, 5.41) is 3.55. The van der Waals surface area contributed by atoms with Crippen molar-refractivity contribution in [2.24, 2.45) is 5.92 Å². The quantitative estimate of drug-likeness (QED) is 0.734. The summed E-state index contributed by atoms with van der Waals surface area (Å²) < 4.78 is 0. The number of para-hydroxylation sites is 1. The van der Waals surface area contributed by atoms with Gasteiger partial charge in [0.1, 0.15) is 0 Å². The van der Waals surface area contributed by atoms with Gasteiger partial charge in [-0.3, -0.25) is 0 Å². The molecule has 2 nitrogen and oxygen atoms in total. The highest BCUT2D eigenvalue weighted by atomic mass is 15.2. The van der Waals surface area contributed by atoms with Crippen molar-refractivity contribution >= 4 is 5.69 Å². The topological polar surface area (TPSA) is 15.3 Å². The minimum atomic E-state index is 0.860. The Hall–Kier alpha value is -1.02. The zero-order valence-electron chi connectivity index (χ0n) is 10.3. The first-order valence-corrected chi connectivity index (χ1v) is 7.01. The molecular formula is C15H20N2. The van der Waals surface area contributed by atoms with Crippen molar-refractivity contribution in [2.45, 2.75) is 31.7 Å². The molecule has 0 unspecified atom stereocenters. The number of fused-ring (bicyclic) bond motifs is 2. The van der Waals surface area contributed by atoms with E-state index in [0.29, 0.717) is 0 Å². The van der Waals surface area contributed by atoms with Crippen LogP contribution in [0.2, 0.25) is 0 Å². The molecule has 2 atom stereocenters. The molecule has 1 aromatic rings. The summed E-state index contributed by atoms with van der Waals surface area (Å²) in [4.78, 5) is 2.65. The monoisotopic (exact) mass is 228 g/mol. The molecule has 1 fully saturated rings. The van der Waals surface area contributed by atoms with E-state index >= 15 is 0 Å². The first-order chi connectivity index (χ1) is 8.43. The lowest BCUT2D eigenvalue weighted by molar-refractivity contribution is 0.454. The van der Waals surface area contributed by atoms with E-state index < -0.39 is 0 Å². The van der Waals surface area contributed by atoms with Crippen molar-refractivity contribution < 1.29 is 0 Å². The van der Waals surface area contributed by atoms with E-state index in [-0.39, 0.29) is 0 Å². The Morgan fingerprint density at radius 3 is 3.24 bits per heavy atom. The Morgan fingerprint density at radius 1 is 1.24 bits per heavy atom. The summed E-state index contributed by atoms with van der Waals surface area (Å²) in [7, 11) is 0. The second-order valence-electron chi connectivity index (χ2n) is 5.78. The molecular weight excluding hydrogens is 208 g/mol. The normalized spacial score (nSPS) is 30.7. The fourth-order valence-corrected chi connectivity index (χ4v) is 4.12. The van der Waals surface area contributed by atoms with Crippen LogP contribution in [0.15, 0.2) is 18.2 Å². The molecule has 0 bridgehead atoms. The molecule has 1 aliphatic carbocycles. The van der Waals surface area contributed by atoms with E-state index in [0.717, 1.165) is 24.9 Å². The molecule has 0 amide bonds. The Labute approximate surface area is 103 Å². The van der Waals surface area contributed by atoms with Crippen LogP contribution in [0, 0.1) is 5.92 Å². The summed E-state index contributed by atoms with van der Waals surface area (Å²) in [5.74, 6) is 1.79. The fourth-order valence-electron chi connectivity index (χ4n) is 4.12. The van der Waals surface area contributed by atoms with Crippen molar-refractivity contribution in [1.82, 2.24) is 5.32 Å². The van der Waals surface area contributed by atoms with Crippen LogP contribution < -0.4 is 10.2 Å². The molecule has 0 radical (unpaired) electrons. The van der Waals surface area contributed by atoms with Gasteiger partial charge in [0.05, 0.1) is 0 Å². The maximum Gasteiger partial charge on any atom is 0.0447 e. The Kier molecular flexibility index (Phi) is 2.19. The predicted molar refractivity (Wildman–Crippen MR) is 70.4 cm³/mol. The number of benzene rings is 1. The second kappa shape index (κ2) is 3.74. The number of nitrogens with zero attached hydrogens (tertiary/aromatic N) is 1. The van der Waals surface area contributed by atoms with Gasteiger partial charge in [-0.25, -0.2) is 0 Å². The van der Waals surface area contributed by atoms with Gasteiger partial charge >= 0.3 is 0 Å². The minimum Gasteiger partial charge on any atom is -0.369 e. The minimum absolute atomic E-state index is 0.860. The van der Waals surface area contributed by atoms with Crippen LogP contribution in [-0.4, -0.2) is 19.6 Å². The van der Waals surface area contributed by atoms with Crippen LogP contribution in [0.25, 0.3) is 0 Å². The molecule has 2 heteroatoms. The molecule has 2 aliphatic heterocycles. The fraction of sp³-hybridized carbons (Fsp3) is 0.600. The predicted octanol–water partition coefficient (Wildman–Crippen LogP) is 2.49. The zero-order chi connectivity index (χ0) is 11.2. The van der Waals surface area contributed by atoms with Crippen molar-refractivity contribution in [1.29, 1.82) is 0 Å². The third-order valence-corrected chi connectivity index (χ3v) is 4.85. The molecule has 90 valence electrons. The molecule has 1 aromatic carbocycles. The van der Waals surface area contributed by atoms with Crippen molar-refractivity contribution in [3.8, 4) is 0 Å². The summed E-state index contributed by atoms with van der Waals surface area (Å²) in [6, 6.07) is 6.96. The van der Waals surface area contributed by atoms with E-state index in [4.69, 9.17) is 0 Å². The Morgan fingerprint density at radius 2 is 2.24 bits per heavy atom. The highest BCUT2D eigenvalue weighted by molar-refractivity contribution is 5.64. The third kappa shape index (κ3) is 1.43. The maximum atomic E-state index is 3.55. The van der Waals surface area contributed by atoms with Crippen molar-refractivity contribution in [3.63, 3.8) is 0 Å². The molecule has 4 rings (SSSR count). The number of hydrogen-bond donors (Lipinski definition) is 1. The van der Waals surface area contributed by atoms with Gasteiger partial charge in [0.2, 0.25) is 0 Å². The van der Waals surface area contributed by atoms with E-state index in [1.807, 2.05) is 0 Å². The highest BCUT2D eigenvalue weighted by Gasteiger charge is 2.37. The lowest BCUT2D eigenvalue weighted by Gasteiger charge is -2.38. The average Bonchev–Trinajstić information content (AvgIpc) is 2.73. The van der Waals surface area contributed by atoms with Crippen LogP contribution in [0.1, 0.15) is 36.3 Å². The van der Waals surface area contributed by atoms with Gasteiger partial charge in [-0.1, -0.05) is 24.6 Å². The van der Waals surface area contributed by atoms with Crippen LogP contribution in [0.3, 0.4) is 0 Å². The van der Waals surface area contributed by atoms with Crippen LogP contribution in [0.5, 0.6) is 0 Å². The molecule has 1 saturated carbocycles.